The first-order valence-corrected chi connectivity index (χ1v) is 7.43. The number of nitrogens with one attached hydrogen (secondary N) is 1. The van der Waals surface area contributed by atoms with Gasteiger partial charge in [-0.25, -0.2) is 0 Å². The zero-order valence-electron chi connectivity index (χ0n) is 11.9. The van der Waals surface area contributed by atoms with Crippen LogP contribution in [-0.4, -0.2) is 35.3 Å². The molecule has 0 bridgehead atoms. The lowest BCUT2D eigenvalue weighted by molar-refractivity contribution is -0.142. The average molecular weight is 292 g/mol. The minimum absolute atomic E-state index is 0.171. The summed E-state index contributed by atoms with van der Waals surface area (Å²) in [6.07, 6.45) is 5.01. The maximum Gasteiger partial charge on any atom is 0.306 e. The number of carboxylic acids is 1. The molecule has 21 heavy (non-hydrogen) atoms. The van der Waals surface area contributed by atoms with Crippen LogP contribution in [0.15, 0.2) is 12.3 Å². The summed E-state index contributed by atoms with van der Waals surface area (Å²) in [5.74, 6) is 0.618. The molecule has 0 atom stereocenters. The number of nitrogens with zero attached hydrogens (tertiary/aromatic N) is 1. The van der Waals surface area contributed by atoms with Gasteiger partial charge < -0.3 is 19.9 Å². The molecule has 0 unspecified atom stereocenters. The molecule has 3 rings (SSSR count). The molecule has 0 amide bonds. The lowest BCUT2D eigenvalue weighted by Crippen LogP contribution is -2.34. The molecule has 2 N–H and O–H groups in total. The first kappa shape index (κ1) is 14.1. The summed E-state index contributed by atoms with van der Waals surface area (Å²) in [7, 11) is 0. The third-order valence-electron chi connectivity index (χ3n) is 4.13. The molecule has 2 heterocycles. The molecule has 1 aliphatic heterocycles. The number of aliphatic carboxylic acids is 1. The highest BCUT2D eigenvalue weighted by atomic mass is 16.6. The smallest absolute Gasteiger partial charge is 0.306 e. The first-order chi connectivity index (χ1) is 10.2. The summed E-state index contributed by atoms with van der Waals surface area (Å²) < 4.78 is 11.0. The summed E-state index contributed by atoms with van der Waals surface area (Å²) in [4.78, 5) is 15.3. The Bertz CT molecular complexity index is 512. The van der Waals surface area contributed by atoms with Gasteiger partial charge in [0.15, 0.2) is 11.5 Å². The Morgan fingerprint density at radius 2 is 1.95 bits per heavy atom. The second-order valence-electron chi connectivity index (χ2n) is 5.59. The number of rotatable bonds is 4. The normalized spacial score (nSPS) is 24.6. The van der Waals surface area contributed by atoms with E-state index in [1.54, 1.807) is 6.20 Å². The highest BCUT2D eigenvalue weighted by molar-refractivity contribution is 5.70. The molecule has 1 saturated carbocycles. The first-order valence-electron chi connectivity index (χ1n) is 7.43. The molecule has 1 aromatic heterocycles. The second kappa shape index (κ2) is 6.30. The number of ether oxygens (including phenoxy) is 2. The van der Waals surface area contributed by atoms with Crippen LogP contribution in [0.3, 0.4) is 0 Å². The Morgan fingerprint density at radius 1 is 1.24 bits per heavy atom. The molecular formula is C15H20N2O4. The molecular weight excluding hydrogens is 272 g/mol. The lowest BCUT2D eigenvalue weighted by Gasteiger charge is -2.27. The second-order valence-corrected chi connectivity index (χ2v) is 5.59. The van der Waals surface area contributed by atoms with E-state index >= 15 is 0 Å². The minimum atomic E-state index is -0.665. The van der Waals surface area contributed by atoms with Crippen LogP contribution in [0.4, 0.5) is 0 Å². The topological polar surface area (TPSA) is 80.7 Å². The highest BCUT2D eigenvalue weighted by Crippen LogP contribution is 2.29. The Labute approximate surface area is 123 Å². The monoisotopic (exact) mass is 292 g/mol. The van der Waals surface area contributed by atoms with E-state index in [1.807, 2.05) is 6.07 Å². The van der Waals surface area contributed by atoms with Crippen LogP contribution in [0.5, 0.6) is 11.5 Å². The van der Waals surface area contributed by atoms with Gasteiger partial charge in [0, 0.05) is 18.7 Å². The summed E-state index contributed by atoms with van der Waals surface area (Å²) in [6, 6.07) is 2.28. The van der Waals surface area contributed by atoms with Gasteiger partial charge >= 0.3 is 5.97 Å². The molecule has 1 aromatic rings. The maximum absolute atomic E-state index is 10.9. The van der Waals surface area contributed by atoms with Gasteiger partial charge in [0.2, 0.25) is 0 Å². The van der Waals surface area contributed by atoms with Crippen LogP contribution in [0.1, 0.15) is 31.4 Å². The zero-order valence-corrected chi connectivity index (χ0v) is 11.9. The van der Waals surface area contributed by atoms with Crippen molar-refractivity contribution in [2.75, 3.05) is 13.2 Å². The van der Waals surface area contributed by atoms with Crippen LogP contribution >= 0.6 is 0 Å². The Kier molecular flexibility index (Phi) is 4.24. The molecule has 0 aromatic carbocycles. The van der Waals surface area contributed by atoms with E-state index in [4.69, 9.17) is 14.6 Å². The Balaban J connectivity index is 1.50. The van der Waals surface area contributed by atoms with Crippen LogP contribution in [0, 0.1) is 5.92 Å². The van der Waals surface area contributed by atoms with Crippen molar-refractivity contribution < 1.29 is 19.4 Å². The van der Waals surface area contributed by atoms with Crippen molar-refractivity contribution >= 4 is 5.97 Å². The van der Waals surface area contributed by atoms with Crippen LogP contribution in [0.25, 0.3) is 0 Å². The summed E-state index contributed by atoms with van der Waals surface area (Å²) in [5, 5.41) is 12.4. The third kappa shape index (κ3) is 3.44. The van der Waals surface area contributed by atoms with Gasteiger partial charge in [-0.05, 0) is 25.7 Å². The molecule has 0 saturated heterocycles. The van der Waals surface area contributed by atoms with Crippen molar-refractivity contribution in [2.45, 2.75) is 38.3 Å². The number of carbonyl (C=O) groups is 1. The van der Waals surface area contributed by atoms with Gasteiger partial charge in [-0.15, -0.1) is 0 Å². The number of hydrogen-bond donors (Lipinski definition) is 2. The average Bonchev–Trinajstić information content (AvgIpc) is 2.53. The molecule has 1 aliphatic carbocycles. The summed E-state index contributed by atoms with van der Waals surface area (Å²) in [5.41, 5.74) is 0.916. The van der Waals surface area contributed by atoms with Crippen molar-refractivity contribution in [3.8, 4) is 11.5 Å². The number of aromatic nitrogens is 1. The van der Waals surface area contributed by atoms with E-state index in [2.05, 4.69) is 10.3 Å². The number of fused-ring (bicyclic) bond motifs is 1. The number of hydrogen-bond acceptors (Lipinski definition) is 5. The fourth-order valence-electron chi connectivity index (χ4n) is 2.88. The predicted molar refractivity (Wildman–Crippen MR) is 75.4 cm³/mol. The zero-order chi connectivity index (χ0) is 14.7. The minimum Gasteiger partial charge on any atom is -0.486 e. The van der Waals surface area contributed by atoms with E-state index in [0.29, 0.717) is 31.5 Å². The molecule has 114 valence electrons. The highest BCUT2D eigenvalue weighted by Gasteiger charge is 2.25. The number of carboxylic acid groups (broad SMARTS) is 1. The SMILES string of the molecule is O=C(O)C1CCC(NCc2cc3c(cn2)OCCO3)CC1. The van der Waals surface area contributed by atoms with Gasteiger partial charge in [0.05, 0.1) is 17.8 Å². The van der Waals surface area contributed by atoms with Crippen LogP contribution in [-0.2, 0) is 11.3 Å². The Hall–Kier alpha value is -1.82. The van der Waals surface area contributed by atoms with Gasteiger partial charge in [-0.1, -0.05) is 0 Å². The quantitative estimate of drug-likeness (QED) is 0.877. The molecule has 6 heteroatoms. The maximum atomic E-state index is 10.9. The largest absolute Gasteiger partial charge is 0.486 e. The molecule has 6 nitrogen and oxygen atoms in total. The lowest BCUT2D eigenvalue weighted by atomic mass is 9.86. The summed E-state index contributed by atoms with van der Waals surface area (Å²) in [6.45, 7) is 1.81. The molecule has 0 spiro atoms. The molecule has 0 radical (unpaired) electrons. The van der Waals surface area contributed by atoms with Crippen molar-refractivity contribution in [2.24, 2.45) is 5.92 Å². The van der Waals surface area contributed by atoms with Gasteiger partial charge in [-0.2, -0.15) is 0 Å². The van der Waals surface area contributed by atoms with E-state index in [9.17, 15) is 4.79 Å². The predicted octanol–water partition coefficient (Wildman–Crippen LogP) is 1.59. The molecule has 2 aliphatic rings. The fraction of sp³-hybridized carbons (Fsp3) is 0.600. The van der Waals surface area contributed by atoms with Crippen molar-refractivity contribution in [3.63, 3.8) is 0 Å². The van der Waals surface area contributed by atoms with E-state index in [0.717, 1.165) is 37.1 Å². The Morgan fingerprint density at radius 3 is 2.67 bits per heavy atom. The fourth-order valence-corrected chi connectivity index (χ4v) is 2.88. The standard InChI is InChI=1S/C15H20N2O4/c18-15(19)10-1-3-11(4-2-10)16-8-12-7-13-14(9-17-12)21-6-5-20-13/h7,9-11,16H,1-6,8H2,(H,18,19). The molecule has 1 fully saturated rings. The van der Waals surface area contributed by atoms with Crippen LogP contribution in [0.2, 0.25) is 0 Å². The van der Waals surface area contributed by atoms with Crippen molar-refractivity contribution in [1.82, 2.24) is 10.3 Å². The van der Waals surface area contributed by atoms with Gasteiger partial charge in [0.1, 0.15) is 13.2 Å². The number of pyridine rings is 1. The third-order valence-corrected chi connectivity index (χ3v) is 4.13. The summed E-state index contributed by atoms with van der Waals surface area (Å²) >= 11 is 0. The van der Waals surface area contributed by atoms with Crippen molar-refractivity contribution in [3.05, 3.63) is 18.0 Å². The van der Waals surface area contributed by atoms with E-state index < -0.39 is 5.97 Å². The van der Waals surface area contributed by atoms with Gasteiger partial charge in [-0.3, -0.25) is 9.78 Å². The van der Waals surface area contributed by atoms with Gasteiger partial charge in [0.25, 0.3) is 0 Å². The van der Waals surface area contributed by atoms with Crippen LogP contribution < -0.4 is 14.8 Å². The van der Waals surface area contributed by atoms with Crippen molar-refractivity contribution in [1.29, 1.82) is 0 Å². The van der Waals surface area contributed by atoms with E-state index in [-0.39, 0.29) is 5.92 Å². The van der Waals surface area contributed by atoms with E-state index in [1.165, 1.54) is 0 Å².